The van der Waals surface area contributed by atoms with Crippen LogP contribution in [0.25, 0.3) is 0 Å². The summed E-state index contributed by atoms with van der Waals surface area (Å²) >= 11 is 0. The average Bonchev–Trinajstić information content (AvgIpc) is 2.59. The summed E-state index contributed by atoms with van der Waals surface area (Å²) in [6.45, 7) is 1.52. The van der Waals surface area contributed by atoms with E-state index in [-0.39, 0.29) is 12.1 Å². The largest absolute Gasteiger partial charge is 0.465 e. The Hall–Kier alpha value is -1.40. The minimum atomic E-state index is -1.30. The predicted molar refractivity (Wildman–Crippen MR) is 53.2 cm³/mol. The highest BCUT2D eigenvalue weighted by Gasteiger charge is 2.31. The zero-order valence-corrected chi connectivity index (χ0v) is 9.02. The lowest BCUT2D eigenvalue weighted by Gasteiger charge is -2.22. The molecule has 1 unspecified atom stereocenters. The van der Waals surface area contributed by atoms with Crippen molar-refractivity contribution in [2.24, 2.45) is 12.8 Å². The molecule has 1 rings (SSSR count). The van der Waals surface area contributed by atoms with E-state index in [0.29, 0.717) is 5.69 Å². The van der Waals surface area contributed by atoms with Gasteiger partial charge in [0.05, 0.1) is 19.0 Å². The number of aromatic nitrogens is 2. The van der Waals surface area contributed by atoms with E-state index in [9.17, 15) is 9.90 Å². The summed E-state index contributed by atoms with van der Waals surface area (Å²) in [5.74, 6) is -0.535. The van der Waals surface area contributed by atoms with Gasteiger partial charge in [-0.2, -0.15) is 5.10 Å². The number of nitrogens with two attached hydrogens (primary N) is 1. The Morgan fingerprint density at radius 1 is 1.80 bits per heavy atom. The maximum atomic E-state index is 11.4. The van der Waals surface area contributed by atoms with Crippen molar-refractivity contribution in [3.63, 3.8) is 0 Å². The van der Waals surface area contributed by atoms with Gasteiger partial charge in [-0.1, -0.05) is 0 Å². The maximum Gasteiger partial charge on any atom is 0.341 e. The van der Waals surface area contributed by atoms with Crippen LogP contribution in [-0.4, -0.2) is 34.5 Å². The minimum Gasteiger partial charge on any atom is -0.465 e. The third kappa shape index (κ3) is 2.00. The average molecular weight is 213 g/mol. The van der Waals surface area contributed by atoms with Gasteiger partial charge in [0.15, 0.2) is 0 Å². The molecule has 0 aliphatic rings. The van der Waals surface area contributed by atoms with Gasteiger partial charge in [-0.05, 0) is 6.92 Å². The van der Waals surface area contributed by atoms with E-state index >= 15 is 0 Å². The molecule has 0 aliphatic heterocycles. The Morgan fingerprint density at radius 2 is 2.40 bits per heavy atom. The molecule has 6 nitrogen and oxygen atoms in total. The van der Waals surface area contributed by atoms with Crippen molar-refractivity contribution in [2.45, 2.75) is 12.5 Å². The summed E-state index contributed by atoms with van der Waals surface area (Å²) in [5.41, 5.74) is 4.73. The summed E-state index contributed by atoms with van der Waals surface area (Å²) in [4.78, 5) is 11.4. The maximum absolute atomic E-state index is 11.4. The number of nitrogens with zero attached hydrogens (tertiary/aromatic N) is 2. The van der Waals surface area contributed by atoms with Crippen molar-refractivity contribution in [3.8, 4) is 0 Å². The number of aliphatic hydroxyl groups is 1. The number of carbonyl (C=O) groups excluding carboxylic acids is 1. The van der Waals surface area contributed by atoms with Crippen LogP contribution in [0.4, 0.5) is 0 Å². The van der Waals surface area contributed by atoms with E-state index in [1.807, 2.05) is 0 Å². The molecule has 84 valence electrons. The van der Waals surface area contributed by atoms with E-state index < -0.39 is 11.6 Å². The molecule has 0 saturated carbocycles. The Balaban J connectivity index is 3.27. The third-order valence-electron chi connectivity index (χ3n) is 2.25. The van der Waals surface area contributed by atoms with Crippen LogP contribution in [0.1, 0.15) is 23.0 Å². The van der Waals surface area contributed by atoms with Gasteiger partial charge >= 0.3 is 5.97 Å². The monoisotopic (exact) mass is 213 g/mol. The standard InChI is InChI=1S/C9H15N3O3/c1-9(14,5-10)7-6(8(13)15-3)4-11-12(7)2/h4,14H,5,10H2,1-3H3. The molecule has 3 N–H and O–H groups in total. The van der Waals surface area contributed by atoms with Gasteiger partial charge in [-0.15, -0.1) is 0 Å². The molecular formula is C9H15N3O3. The van der Waals surface area contributed by atoms with Crippen LogP contribution >= 0.6 is 0 Å². The van der Waals surface area contributed by atoms with Crippen LogP contribution in [0.2, 0.25) is 0 Å². The molecule has 1 heterocycles. The zero-order chi connectivity index (χ0) is 11.6. The van der Waals surface area contributed by atoms with Gasteiger partial charge in [0.25, 0.3) is 0 Å². The fourth-order valence-electron chi connectivity index (χ4n) is 1.43. The number of aryl methyl sites for hydroxylation is 1. The summed E-state index contributed by atoms with van der Waals surface area (Å²) in [6.07, 6.45) is 1.35. The molecule has 0 radical (unpaired) electrons. The summed E-state index contributed by atoms with van der Waals surface area (Å²) in [7, 11) is 2.90. The number of esters is 1. The predicted octanol–water partition coefficient (Wildman–Crippen LogP) is -0.627. The molecule has 0 fully saturated rings. The molecule has 1 atom stereocenters. The number of methoxy groups -OCH3 is 1. The van der Waals surface area contributed by atoms with Crippen LogP contribution in [0.5, 0.6) is 0 Å². The van der Waals surface area contributed by atoms with Crippen LogP contribution < -0.4 is 5.73 Å². The molecule has 1 aromatic heterocycles. The molecule has 15 heavy (non-hydrogen) atoms. The minimum absolute atomic E-state index is 0.00344. The highest BCUT2D eigenvalue weighted by atomic mass is 16.5. The number of hydrogen-bond acceptors (Lipinski definition) is 5. The summed E-state index contributed by atoms with van der Waals surface area (Å²) in [6, 6.07) is 0. The summed E-state index contributed by atoms with van der Waals surface area (Å²) in [5, 5.41) is 13.9. The Bertz CT molecular complexity index is 371. The molecule has 0 aliphatic carbocycles. The van der Waals surface area contributed by atoms with Crippen molar-refractivity contribution in [2.75, 3.05) is 13.7 Å². The first-order chi connectivity index (χ1) is 6.94. The van der Waals surface area contributed by atoms with E-state index in [4.69, 9.17) is 5.73 Å². The topological polar surface area (TPSA) is 90.4 Å². The fourth-order valence-corrected chi connectivity index (χ4v) is 1.43. The van der Waals surface area contributed by atoms with Gasteiger partial charge in [0, 0.05) is 13.6 Å². The first-order valence-corrected chi connectivity index (χ1v) is 4.47. The molecule has 0 saturated heterocycles. The van der Waals surface area contributed by atoms with Crippen molar-refractivity contribution >= 4 is 5.97 Å². The normalized spacial score (nSPS) is 14.7. The van der Waals surface area contributed by atoms with Gasteiger partial charge in [0.2, 0.25) is 0 Å². The zero-order valence-electron chi connectivity index (χ0n) is 9.02. The van der Waals surface area contributed by atoms with E-state index in [0.717, 1.165) is 0 Å². The number of rotatable bonds is 3. The molecule has 0 aromatic carbocycles. The van der Waals surface area contributed by atoms with Gasteiger partial charge in [0.1, 0.15) is 11.2 Å². The molecular weight excluding hydrogens is 198 g/mol. The van der Waals surface area contributed by atoms with Gasteiger partial charge in [-0.25, -0.2) is 4.79 Å². The lowest BCUT2D eigenvalue weighted by Crippen LogP contribution is -2.35. The molecule has 0 amide bonds. The second-order valence-electron chi connectivity index (χ2n) is 3.50. The second kappa shape index (κ2) is 4.00. The molecule has 1 aromatic rings. The van der Waals surface area contributed by atoms with E-state index in [2.05, 4.69) is 9.84 Å². The van der Waals surface area contributed by atoms with Gasteiger partial charge < -0.3 is 15.6 Å². The fraction of sp³-hybridized carbons (Fsp3) is 0.556. The highest BCUT2D eigenvalue weighted by molar-refractivity contribution is 5.90. The van der Waals surface area contributed by atoms with Crippen molar-refractivity contribution in [1.29, 1.82) is 0 Å². The number of ether oxygens (including phenoxy) is 1. The van der Waals surface area contributed by atoms with E-state index in [1.54, 1.807) is 7.05 Å². The smallest absolute Gasteiger partial charge is 0.341 e. The first kappa shape index (κ1) is 11.7. The quantitative estimate of drug-likeness (QED) is 0.652. The van der Waals surface area contributed by atoms with Crippen molar-refractivity contribution in [1.82, 2.24) is 9.78 Å². The lowest BCUT2D eigenvalue weighted by atomic mass is 9.99. The number of carbonyl (C=O) groups is 1. The third-order valence-corrected chi connectivity index (χ3v) is 2.25. The van der Waals surface area contributed by atoms with Crippen LogP contribution in [0.15, 0.2) is 6.20 Å². The highest BCUT2D eigenvalue weighted by Crippen LogP contribution is 2.23. The van der Waals surface area contributed by atoms with Crippen LogP contribution in [0, 0.1) is 0 Å². The Morgan fingerprint density at radius 3 is 2.87 bits per heavy atom. The van der Waals surface area contributed by atoms with Crippen LogP contribution in [0.3, 0.4) is 0 Å². The lowest BCUT2D eigenvalue weighted by molar-refractivity contribution is 0.0486. The second-order valence-corrected chi connectivity index (χ2v) is 3.50. The first-order valence-electron chi connectivity index (χ1n) is 4.47. The van der Waals surface area contributed by atoms with Gasteiger partial charge in [-0.3, -0.25) is 4.68 Å². The molecule has 6 heteroatoms. The Kier molecular flexibility index (Phi) is 3.11. The number of hydrogen-bond donors (Lipinski definition) is 2. The van der Waals surface area contributed by atoms with E-state index in [1.165, 1.54) is 24.9 Å². The van der Waals surface area contributed by atoms with Crippen LogP contribution in [-0.2, 0) is 17.4 Å². The Labute approximate surface area is 87.6 Å². The molecule has 0 spiro atoms. The SMILES string of the molecule is COC(=O)c1cnn(C)c1C(C)(O)CN. The molecule has 0 bridgehead atoms. The van der Waals surface area contributed by atoms with Crippen molar-refractivity contribution < 1.29 is 14.6 Å². The van der Waals surface area contributed by atoms with Crippen molar-refractivity contribution in [3.05, 3.63) is 17.5 Å². The summed E-state index contributed by atoms with van der Waals surface area (Å²) < 4.78 is 6.00.